The molecule has 0 N–H and O–H groups in total. The molecule has 8 nitrogen and oxygen atoms in total. The van der Waals surface area contributed by atoms with Crippen LogP contribution in [0.15, 0.2) is 47.5 Å². The van der Waals surface area contributed by atoms with Crippen LogP contribution in [0.5, 0.6) is 17.2 Å². The fourth-order valence-corrected chi connectivity index (χ4v) is 3.98. The summed E-state index contributed by atoms with van der Waals surface area (Å²) in [6, 6.07) is 12.6. The predicted molar refractivity (Wildman–Crippen MR) is 105 cm³/mol. The molecule has 1 aliphatic rings. The number of carbonyl (C=O) groups is 2. The van der Waals surface area contributed by atoms with Gasteiger partial charge in [0, 0.05) is 0 Å². The zero-order valence-corrected chi connectivity index (χ0v) is 16.6. The number of fused-ring (bicyclic) bond motifs is 2. The van der Waals surface area contributed by atoms with Gasteiger partial charge in [0.1, 0.15) is 18.9 Å². The van der Waals surface area contributed by atoms with E-state index in [1.807, 2.05) is 18.2 Å². The molecular weight excluding hydrogens is 396 g/mol. The molecule has 29 heavy (non-hydrogen) atoms. The van der Waals surface area contributed by atoms with Gasteiger partial charge in [0.05, 0.1) is 24.4 Å². The lowest BCUT2D eigenvalue weighted by molar-refractivity contribution is -0.141. The lowest BCUT2D eigenvalue weighted by atomic mass is 10.2. The molecule has 0 spiro atoms. The topological polar surface area (TPSA) is 88.4 Å². The first-order valence-corrected chi connectivity index (χ1v) is 9.62. The van der Waals surface area contributed by atoms with Crippen LogP contribution >= 0.6 is 11.3 Å². The molecule has 0 saturated heterocycles. The van der Waals surface area contributed by atoms with Crippen molar-refractivity contribution in [3.63, 3.8) is 0 Å². The number of hydrogen-bond donors (Lipinski definition) is 0. The Balaban J connectivity index is 1.71. The van der Waals surface area contributed by atoms with Crippen LogP contribution in [0.1, 0.15) is 0 Å². The maximum Gasteiger partial charge on any atom is 0.325 e. The van der Waals surface area contributed by atoms with Crippen molar-refractivity contribution in [2.75, 3.05) is 20.8 Å². The van der Waals surface area contributed by atoms with Crippen molar-refractivity contribution in [2.45, 2.75) is 12.6 Å². The highest BCUT2D eigenvalue weighted by molar-refractivity contribution is 7.16. The maximum atomic E-state index is 12.8. The molecule has 3 aromatic rings. The van der Waals surface area contributed by atoms with Gasteiger partial charge in [-0.05, 0) is 30.3 Å². The largest absolute Gasteiger partial charge is 0.497 e. The summed E-state index contributed by atoms with van der Waals surface area (Å²) < 4.78 is 23.8. The third-order valence-corrected chi connectivity index (χ3v) is 5.44. The number of esters is 1. The van der Waals surface area contributed by atoms with Crippen LogP contribution in [-0.2, 0) is 20.9 Å². The third kappa shape index (κ3) is 3.81. The second-order valence-electron chi connectivity index (χ2n) is 6.19. The summed E-state index contributed by atoms with van der Waals surface area (Å²) in [6.45, 7) is -0.00509. The number of aromatic nitrogens is 1. The van der Waals surface area contributed by atoms with Gasteiger partial charge < -0.3 is 23.5 Å². The number of hydrogen-bond acceptors (Lipinski definition) is 7. The lowest BCUT2D eigenvalue weighted by Gasteiger charge is -2.23. The van der Waals surface area contributed by atoms with Gasteiger partial charge in [-0.1, -0.05) is 23.5 Å². The first kappa shape index (κ1) is 19.0. The Morgan fingerprint density at radius 2 is 2.00 bits per heavy atom. The first-order chi connectivity index (χ1) is 14.1. The highest BCUT2D eigenvalue weighted by Gasteiger charge is 2.27. The number of amides is 1. The van der Waals surface area contributed by atoms with E-state index in [1.54, 1.807) is 35.9 Å². The lowest BCUT2D eigenvalue weighted by Crippen LogP contribution is -2.37. The molecule has 0 fully saturated rings. The number of thiazole rings is 1. The molecule has 1 aliphatic heterocycles. The van der Waals surface area contributed by atoms with Gasteiger partial charge in [-0.25, -0.2) is 0 Å². The molecule has 1 amide bonds. The average molecular weight is 414 g/mol. The fourth-order valence-electron chi connectivity index (χ4n) is 2.92. The summed E-state index contributed by atoms with van der Waals surface area (Å²) in [5.74, 6) is 0.821. The molecule has 4 rings (SSSR count). The zero-order valence-electron chi connectivity index (χ0n) is 15.8. The van der Waals surface area contributed by atoms with E-state index in [0.717, 1.165) is 10.2 Å². The van der Waals surface area contributed by atoms with Crippen LogP contribution < -0.4 is 19.0 Å². The Hall–Kier alpha value is -3.33. The molecule has 9 heteroatoms. The minimum atomic E-state index is -0.865. The summed E-state index contributed by atoms with van der Waals surface area (Å²) in [5.41, 5.74) is 0.749. The fraction of sp³-hybridized carbons (Fsp3) is 0.250. The standard InChI is InChI=1S/C20H18N2O6S/c1-25-12-7-8-13-17(9-12)29-20(22(13)10-18(23)26-2)21-19(24)16-11-27-14-5-3-4-6-15(14)28-16/h3-9,16H,10-11H2,1-2H3/t16-/m1/s1. The van der Waals surface area contributed by atoms with Crippen LogP contribution in [0.3, 0.4) is 0 Å². The molecule has 0 unspecified atom stereocenters. The number of rotatable bonds is 4. The Bertz CT molecular complexity index is 1150. The van der Waals surface area contributed by atoms with Gasteiger partial charge >= 0.3 is 5.97 Å². The van der Waals surface area contributed by atoms with Gasteiger partial charge in [-0.2, -0.15) is 4.99 Å². The van der Waals surface area contributed by atoms with E-state index >= 15 is 0 Å². The quantitative estimate of drug-likeness (QED) is 0.608. The Morgan fingerprint density at radius 3 is 2.76 bits per heavy atom. The van der Waals surface area contributed by atoms with Crippen LogP contribution in [0.4, 0.5) is 0 Å². The van der Waals surface area contributed by atoms with Crippen LogP contribution in [-0.4, -0.2) is 43.4 Å². The van der Waals surface area contributed by atoms with Gasteiger partial charge in [-0.15, -0.1) is 0 Å². The highest BCUT2D eigenvalue weighted by atomic mass is 32.1. The Labute approximate surface area is 169 Å². The molecule has 0 bridgehead atoms. The summed E-state index contributed by atoms with van der Waals surface area (Å²) >= 11 is 1.28. The van der Waals surface area contributed by atoms with Crippen LogP contribution in [0.2, 0.25) is 0 Å². The summed E-state index contributed by atoms with van der Waals surface area (Å²) in [4.78, 5) is 29.2. The van der Waals surface area contributed by atoms with E-state index in [1.165, 1.54) is 18.4 Å². The van der Waals surface area contributed by atoms with Crippen molar-refractivity contribution in [3.8, 4) is 17.2 Å². The molecule has 0 saturated carbocycles. The van der Waals surface area contributed by atoms with Crippen LogP contribution in [0, 0.1) is 0 Å². The minimum Gasteiger partial charge on any atom is -0.497 e. The monoisotopic (exact) mass is 414 g/mol. The number of methoxy groups -OCH3 is 2. The molecule has 2 aromatic carbocycles. The number of para-hydroxylation sites is 2. The average Bonchev–Trinajstić information content (AvgIpc) is 3.08. The van der Waals surface area contributed by atoms with E-state index in [4.69, 9.17) is 18.9 Å². The Kier molecular flexibility index (Phi) is 5.22. The van der Waals surface area contributed by atoms with Gasteiger partial charge in [0.2, 0.25) is 6.10 Å². The number of ether oxygens (including phenoxy) is 4. The van der Waals surface area contributed by atoms with Crippen molar-refractivity contribution in [3.05, 3.63) is 47.3 Å². The van der Waals surface area contributed by atoms with Crippen LogP contribution in [0.25, 0.3) is 10.2 Å². The van der Waals surface area contributed by atoms with Gasteiger partial charge in [-0.3, -0.25) is 9.59 Å². The van der Waals surface area contributed by atoms with Crippen molar-refractivity contribution < 1.29 is 28.5 Å². The molecule has 1 aromatic heterocycles. The third-order valence-electron chi connectivity index (χ3n) is 4.39. The molecular formula is C20H18N2O6S. The predicted octanol–water partition coefficient (Wildman–Crippen LogP) is 2.15. The van der Waals surface area contributed by atoms with Crippen molar-refractivity contribution in [1.82, 2.24) is 4.57 Å². The summed E-state index contributed by atoms with van der Waals surface area (Å²) in [6.07, 6.45) is -0.865. The molecule has 0 radical (unpaired) electrons. The smallest absolute Gasteiger partial charge is 0.325 e. The van der Waals surface area contributed by atoms with Crippen molar-refractivity contribution in [1.29, 1.82) is 0 Å². The normalized spacial score (nSPS) is 15.9. The summed E-state index contributed by atoms with van der Waals surface area (Å²) in [5, 5.41) is 0. The van der Waals surface area contributed by atoms with E-state index in [9.17, 15) is 9.59 Å². The first-order valence-electron chi connectivity index (χ1n) is 8.80. The highest BCUT2D eigenvalue weighted by Crippen LogP contribution is 2.31. The van der Waals surface area contributed by atoms with E-state index in [2.05, 4.69) is 4.99 Å². The number of benzene rings is 2. The SMILES string of the molecule is COC(=O)Cn1c(=NC(=O)[C@H]2COc3ccccc3O2)sc2cc(OC)ccc21. The minimum absolute atomic E-state index is 0.0645. The zero-order chi connectivity index (χ0) is 20.4. The van der Waals surface area contributed by atoms with E-state index < -0.39 is 18.0 Å². The van der Waals surface area contributed by atoms with E-state index in [0.29, 0.717) is 22.0 Å². The van der Waals surface area contributed by atoms with Gasteiger partial charge in [0.15, 0.2) is 16.3 Å². The second-order valence-corrected chi connectivity index (χ2v) is 7.20. The number of carbonyl (C=O) groups excluding carboxylic acids is 2. The molecule has 0 aliphatic carbocycles. The van der Waals surface area contributed by atoms with Crippen molar-refractivity contribution >= 4 is 33.4 Å². The van der Waals surface area contributed by atoms with E-state index in [-0.39, 0.29) is 13.2 Å². The molecule has 150 valence electrons. The summed E-state index contributed by atoms with van der Waals surface area (Å²) in [7, 11) is 2.89. The Morgan fingerprint density at radius 1 is 1.21 bits per heavy atom. The number of nitrogens with zero attached hydrogens (tertiary/aromatic N) is 2. The molecule has 2 heterocycles. The second kappa shape index (κ2) is 7.96. The molecule has 1 atom stereocenters. The van der Waals surface area contributed by atoms with Crippen molar-refractivity contribution in [2.24, 2.45) is 4.99 Å². The maximum absolute atomic E-state index is 12.8. The van der Waals surface area contributed by atoms with Gasteiger partial charge in [0.25, 0.3) is 5.91 Å².